The minimum Gasteiger partial charge on any atom is -0.481 e. The molecule has 0 spiro atoms. The molecule has 0 aliphatic heterocycles. The SMILES string of the molecule is CC(CCC(=O)O)NC1CCCCC1C(C)(C)C. The van der Waals surface area contributed by atoms with E-state index in [0.29, 0.717) is 23.4 Å². The van der Waals surface area contributed by atoms with Gasteiger partial charge in [-0.15, -0.1) is 0 Å². The van der Waals surface area contributed by atoms with E-state index in [1.807, 2.05) is 0 Å². The van der Waals surface area contributed by atoms with Gasteiger partial charge in [-0.1, -0.05) is 33.6 Å². The van der Waals surface area contributed by atoms with Crippen molar-refractivity contribution in [3.05, 3.63) is 0 Å². The van der Waals surface area contributed by atoms with Gasteiger partial charge in [-0.25, -0.2) is 0 Å². The van der Waals surface area contributed by atoms with Crippen molar-refractivity contribution in [2.75, 3.05) is 0 Å². The second-order valence-corrected chi connectivity index (χ2v) is 6.86. The molecule has 106 valence electrons. The van der Waals surface area contributed by atoms with Crippen molar-refractivity contribution in [1.82, 2.24) is 5.32 Å². The predicted molar refractivity (Wildman–Crippen MR) is 74.7 cm³/mol. The van der Waals surface area contributed by atoms with Crippen LogP contribution in [0, 0.1) is 11.3 Å². The van der Waals surface area contributed by atoms with Crippen LogP contribution in [0.25, 0.3) is 0 Å². The lowest BCUT2D eigenvalue weighted by atomic mass is 9.69. The molecule has 0 bridgehead atoms. The Morgan fingerprint density at radius 2 is 1.94 bits per heavy atom. The number of rotatable bonds is 5. The summed E-state index contributed by atoms with van der Waals surface area (Å²) >= 11 is 0. The van der Waals surface area contributed by atoms with Gasteiger partial charge in [0.15, 0.2) is 0 Å². The van der Waals surface area contributed by atoms with Crippen LogP contribution in [0.15, 0.2) is 0 Å². The number of hydrogen-bond donors (Lipinski definition) is 2. The molecule has 0 aromatic heterocycles. The van der Waals surface area contributed by atoms with Crippen molar-refractivity contribution < 1.29 is 9.90 Å². The Morgan fingerprint density at radius 3 is 2.50 bits per heavy atom. The van der Waals surface area contributed by atoms with Gasteiger partial charge in [0.1, 0.15) is 0 Å². The summed E-state index contributed by atoms with van der Waals surface area (Å²) in [7, 11) is 0. The van der Waals surface area contributed by atoms with E-state index in [0.717, 1.165) is 6.42 Å². The molecule has 0 aromatic carbocycles. The highest BCUT2D eigenvalue weighted by molar-refractivity contribution is 5.66. The van der Waals surface area contributed by atoms with Gasteiger partial charge in [-0.05, 0) is 37.5 Å². The van der Waals surface area contributed by atoms with Gasteiger partial charge >= 0.3 is 5.97 Å². The van der Waals surface area contributed by atoms with E-state index in [4.69, 9.17) is 5.11 Å². The first kappa shape index (κ1) is 15.5. The topological polar surface area (TPSA) is 49.3 Å². The maximum Gasteiger partial charge on any atom is 0.303 e. The number of carboxylic acids is 1. The molecule has 3 nitrogen and oxygen atoms in total. The van der Waals surface area contributed by atoms with E-state index in [1.54, 1.807) is 0 Å². The predicted octanol–water partition coefficient (Wildman–Crippen LogP) is 3.43. The van der Waals surface area contributed by atoms with Crippen LogP contribution in [0.5, 0.6) is 0 Å². The average molecular weight is 255 g/mol. The van der Waals surface area contributed by atoms with Gasteiger partial charge in [0, 0.05) is 18.5 Å². The molecular weight excluding hydrogens is 226 g/mol. The van der Waals surface area contributed by atoms with E-state index in [2.05, 4.69) is 33.0 Å². The molecule has 0 radical (unpaired) electrons. The van der Waals surface area contributed by atoms with Crippen molar-refractivity contribution in [3.8, 4) is 0 Å². The van der Waals surface area contributed by atoms with E-state index in [-0.39, 0.29) is 6.42 Å². The molecule has 2 N–H and O–H groups in total. The maximum atomic E-state index is 10.6. The van der Waals surface area contributed by atoms with Crippen molar-refractivity contribution in [3.63, 3.8) is 0 Å². The zero-order valence-electron chi connectivity index (χ0n) is 12.3. The molecular formula is C15H29NO2. The van der Waals surface area contributed by atoms with E-state index >= 15 is 0 Å². The van der Waals surface area contributed by atoms with E-state index in [9.17, 15) is 4.79 Å². The Balaban J connectivity index is 2.49. The third kappa shape index (κ3) is 4.97. The summed E-state index contributed by atoms with van der Waals surface area (Å²) < 4.78 is 0. The fourth-order valence-electron chi connectivity index (χ4n) is 3.16. The van der Waals surface area contributed by atoms with Crippen LogP contribution >= 0.6 is 0 Å². The van der Waals surface area contributed by atoms with E-state index in [1.165, 1.54) is 25.7 Å². The van der Waals surface area contributed by atoms with Crippen molar-refractivity contribution in [2.45, 2.75) is 78.3 Å². The van der Waals surface area contributed by atoms with E-state index < -0.39 is 5.97 Å². The van der Waals surface area contributed by atoms with Crippen molar-refractivity contribution in [2.24, 2.45) is 11.3 Å². The van der Waals surface area contributed by atoms with Crippen molar-refractivity contribution >= 4 is 5.97 Å². The molecule has 0 heterocycles. The fourth-order valence-corrected chi connectivity index (χ4v) is 3.16. The highest BCUT2D eigenvalue weighted by Crippen LogP contribution is 2.38. The zero-order chi connectivity index (χ0) is 13.8. The van der Waals surface area contributed by atoms with Gasteiger partial charge in [0.2, 0.25) is 0 Å². The summed E-state index contributed by atoms with van der Waals surface area (Å²) in [4.78, 5) is 10.6. The summed E-state index contributed by atoms with van der Waals surface area (Å²) in [5, 5.41) is 12.4. The van der Waals surface area contributed by atoms with Crippen LogP contribution in [-0.4, -0.2) is 23.2 Å². The lowest BCUT2D eigenvalue weighted by Crippen LogP contribution is -2.47. The second kappa shape index (κ2) is 6.55. The minimum absolute atomic E-state index is 0.265. The monoisotopic (exact) mass is 255 g/mol. The van der Waals surface area contributed by atoms with Crippen LogP contribution in [-0.2, 0) is 4.79 Å². The smallest absolute Gasteiger partial charge is 0.303 e. The average Bonchev–Trinajstić information content (AvgIpc) is 2.25. The first-order valence-electron chi connectivity index (χ1n) is 7.28. The zero-order valence-corrected chi connectivity index (χ0v) is 12.3. The van der Waals surface area contributed by atoms with Gasteiger partial charge < -0.3 is 10.4 Å². The highest BCUT2D eigenvalue weighted by atomic mass is 16.4. The molecule has 1 rings (SSSR count). The Labute approximate surface area is 111 Å². The summed E-state index contributed by atoms with van der Waals surface area (Å²) in [6.45, 7) is 9.07. The third-order valence-electron chi connectivity index (χ3n) is 4.17. The van der Waals surface area contributed by atoms with Gasteiger partial charge in [-0.3, -0.25) is 4.79 Å². The standard InChI is InChI=1S/C15H29NO2/c1-11(9-10-14(17)18)16-13-8-6-5-7-12(13)15(2,3)4/h11-13,16H,5-10H2,1-4H3,(H,17,18). The summed E-state index contributed by atoms with van der Waals surface area (Å²) in [6, 6.07) is 0.858. The molecule has 1 aliphatic carbocycles. The molecule has 0 amide bonds. The first-order valence-corrected chi connectivity index (χ1v) is 7.28. The third-order valence-corrected chi connectivity index (χ3v) is 4.17. The number of carbonyl (C=O) groups is 1. The maximum absolute atomic E-state index is 10.6. The fraction of sp³-hybridized carbons (Fsp3) is 0.933. The molecule has 1 saturated carbocycles. The summed E-state index contributed by atoms with van der Waals surface area (Å²) in [5.74, 6) is 0.0122. The summed E-state index contributed by atoms with van der Waals surface area (Å²) in [5.41, 5.74) is 0.338. The molecule has 3 heteroatoms. The minimum atomic E-state index is -0.695. The van der Waals surface area contributed by atoms with Crippen LogP contribution < -0.4 is 5.32 Å². The molecule has 0 saturated heterocycles. The van der Waals surface area contributed by atoms with Gasteiger partial charge in [0.25, 0.3) is 0 Å². The lowest BCUT2D eigenvalue weighted by molar-refractivity contribution is -0.137. The first-order chi connectivity index (χ1) is 8.30. The Hall–Kier alpha value is -0.570. The molecule has 3 atom stereocenters. The highest BCUT2D eigenvalue weighted by Gasteiger charge is 2.34. The van der Waals surface area contributed by atoms with Crippen LogP contribution in [0.3, 0.4) is 0 Å². The Morgan fingerprint density at radius 1 is 1.33 bits per heavy atom. The molecule has 3 unspecified atom stereocenters. The van der Waals surface area contributed by atoms with Crippen LogP contribution in [0.1, 0.15) is 66.2 Å². The molecule has 1 aliphatic rings. The number of nitrogens with one attached hydrogen (secondary N) is 1. The molecule has 18 heavy (non-hydrogen) atoms. The normalized spacial score (nSPS) is 26.9. The number of hydrogen-bond acceptors (Lipinski definition) is 2. The summed E-state index contributed by atoms with van der Waals surface area (Å²) in [6.07, 6.45) is 6.16. The molecule has 0 aromatic rings. The Kier molecular flexibility index (Phi) is 5.64. The molecule has 1 fully saturated rings. The quantitative estimate of drug-likeness (QED) is 0.791. The van der Waals surface area contributed by atoms with Gasteiger partial charge in [0.05, 0.1) is 0 Å². The number of carboxylic acid groups (broad SMARTS) is 1. The van der Waals surface area contributed by atoms with Gasteiger partial charge in [-0.2, -0.15) is 0 Å². The number of aliphatic carboxylic acids is 1. The Bertz CT molecular complexity index is 270. The lowest BCUT2D eigenvalue weighted by Gasteiger charge is -2.42. The van der Waals surface area contributed by atoms with Crippen LogP contribution in [0.4, 0.5) is 0 Å². The van der Waals surface area contributed by atoms with Crippen molar-refractivity contribution in [1.29, 1.82) is 0 Å². The van der Waals surface area contributed by atoms with Crippen LogP contribution in [0.2, 0.25) is 0 Å². The largest absolute Gasteiger partial charge is 0.481 e. The second-order valence-electron chi connectivity index (χ2n) is 6.86.